The molecule has 1 aliphatic carbocycles. The molecule has 0 saturated carbocycles. The molecule has 2 aromatic rings. The van der Waals surface area contributed by atoms with Crippen LogP contribution >= 0.6 is 0 Å². The predicted octanol–water partition coefficient (Wildman–Crippen LogP) is 2.95. The maximum atomic E-state index is 12.2. The van der Waals surface area contributed by atoms with Crippen molar-refractivity contribution in [3.8, 4) is 0 Å². The molecule has 0 radical (unpaired) electrons. The monoisotopic (exact) mass is 378 g/mol. The summed E-state index contributed by atoms with van der Waals surface area (Å²) in [5.74, 6) is 0.307. The van der Waals surface area contributed by atoms with Gasteiger partial charge in [0.15, 0.2) is 0 Å². The minimum Gasteiger partial charge on any atom is -0.381 e. The van der Waals surface area contributed by atoms with Crippen molar-refractivity contribution in [3.05, 3.63) is 35.7 Å². The Labute approximate surface area is 150 Å². The van der Waals surface area contributed by atoms with E-state index in [0.29, 0.717) is 24.3 Å². The number of hydrogen-bond donors (Lipinski definition) is 1. The Morgan fingerprint density at radius 1 is 1.32 bits per heavy atom. The average molecular weight is 379 g/mol. The van der Waals surface area contributed by atoms with E-state index >= 15 is 0 Å². The minimum atomic E-state index is -3.79. The summed E-state index contributed by atoms with van der Waals surface area (Å²) in [6.07, 6.45) is 4.83. The summed E-state index contributed by atoms with van der Waals surface area (Å²) in [6, 6.07) is 4.92. The van der Waals surface area contributed by atoms with Gasteiger partial charge in [-0.3, -0.25) is 4.98 Å². The number of rotatable bonds is 6. The van der Waals surface area contributed by atoms with E-state index in [-0.39, 0.29) is 4.90 Å². The third kappa shape index (κ3) is 4.28. The van der Waals surface area contributed by atoms with Crippen LogP contribution in [0.3, 0.4) is 0 Å². The van der Waals surface area contributed by atoms with Gasteiger partial charge in [0, 0.05) is 44.5 Å². The molecule has 1 atom stereocenters. The molecule has 1 unspecified atom stereocenters. The van der Waals surface area contributed by atoms with Crippen LogP contribution in [0.15, 0.2) is 29.4 Å². The fourth-order valence-corrected chi connectivity index (χ4v) is 5.27. The number of aromatic nitrogens is 1. The van der Waals surface area contributed by atoms with Crippen LogP contribution in [0.1, 0.15) is 11.1 Å². The highest BCUT2D eigenvalue weighted by molar-refractivity contribution is 7.89. The third-order valence-electron chi connectivity index (χ3n) is 4.72. The van der Waals surface area contributed by atoms with Crippen molar-refractivity contribution in [1.29, 1.82) is 0 Å². The van der Waals surface area contributed by atoms with Gasteiger partial charge in [-0.15, -0.1) is 0 Å². The van der Waals surface area contributed by atoms with Crippen molar-refractivity contribution in [1.82, 2.24) is 4.98 Å². The summed E-state index contributed by atoms with van der Waals surface area (Å²) in [5.41, 5.74) is 1.92. The molecule has 0 fully saturated rings. The van der Waals surface area contributed by atoms with Crippen LogP contribution in [0.4, 0.5) is 0 Å². The molecule has 0 bridgehead atoms. The van der Waals surface area contributed by atoms with Gasteiger partial charge in [-0.2, -0.15) is 0 Å². The minimum absolute atomic E-state index is 0.270. The highest BCUT2D eigenvalue weighted by Crippen LogP contribution is 2.36. The van der Waals surface area contributed by atoms with Gasteiger partial charge in [-0.05, 0) is 48.1 Å². The lowest BCUT2D eigenvalue weighted by Gasteiger charge is -2.16. The summed E-state index contributed by atoms with van der Waals surface area (Å²) in [4.78, 5) is 4.38. The van der Waals surface area contributed by atoms with Crippen molar-refractivity contribution in [2.45, 2.75) is 43.4 Å². The topological polar surface area (TPSA) is 82.3 Å². The Morgan fingerprint density at radius 3 is 2.76 bits per heavy atom. The first-order chi connectivity index (χ1) is 11.6. The lowest BCUT2D eigenvalue weighted by Crippen LogP contribution is -2.22. The van der Waals surface area contributed by atoms with Crippen LogP contribution in [0.25, 0.3) is 10.8 Å². The SMILES string of the molecule is C[Si](C)(C)CCOCC1Cc2cc3cnccc3c(S(N)(=O)=O)c2C1. The zero-order valence-corrected chi connectivity index (χ0v) is 16.9. The zero-order valence-electron chi connectivity index (χ0n) is 15.1. The highest BCUT2D eigenvalue weighted by Gasteiger charge is 2.29. The first-order valence-electron chi connectivity index (χ1n) is 8.64. The number of benzene rings is 1. The first kappa shape index (κ1) is 18.5. The van der Waals surface area contributed by atoms with Gasteiger partial charge in [0.25, 0.3) is 0 Å². The second kappa shape index (κ2) is 6.79. The van der Waals surface area contributed by atoms with Crippen molar-refractivity contribution in [3.63, 3.8) is 0 Å². The molecule has 0 spiro atoms. The van der Waals surface area contributed by atoms with Crippen LogP contribution in [0, 0.1) is 5.92 Å². The molecule has 0 aliphatic heterocycles. The van der Waals surface area contributed by atoms with Gasteiger partial charge >= 0.3 is 0 Å². The number of hydrogen-bond acceptors (Lipinski definition) is 4. The molecule has 1 aromatic heterocycles. The van der Waals surface area contributed by atoms with Crippen LogP contribution < -0.4 is 5.14 Å². The molecule has 0 amide bonds. The van der Waals surface area contributed by atoms with E-state index in [4.69, 9.17) is 9.88 Å². The maximum Gasteiger partial charge on any atom is 0.238 e. The second-order valence-electron chi connectivity index (χ2n) is 8.15. The molecule has 5 nitrogen and oxygen atoms in total. The number of nitrogens with zero attached hydrogens (tertiary/aromatic N) is 1. The molecular weight excluding hydrogens is 352 g/mol. The Bertz CT molecular complexity index is 891. The van der Waals surface area contributed by atoms with E-state index in [1.807, 2.05) is 0 Å². The van der Waals surface area contributed by atoms with Crippen molar-refractivity contribution in [2.75, 3.05) is 13.2 Å². The summed E-state index contributed by atoms with van der Waals surface area (Å²) in [5, 5.41) is 7.02. The average Bonchev–Trinajstić information content (AvgIpc) is 2.88. The Balaban J connectivity index is 1.82. The Kier molecular flexibility index (Phi) is 5.03. The number of nitrogens with two attached hydrogens (primary N) is 1. The van der Waals surface area contributed by atoms with E-state index < -0.39 is 18.1 Å². The lowest BCUT2D eigenvalue weighted by atomic mass is 10.0. The number of fused-ring (bicyclic) bond motifs is 2. The Hall–Kier alpha value is -1.28. The van der Waals surface area contributed by atoms with Crippen molar-refractivity contribution in [2.24, 2.45) is 11.1 Å². The zero-order chi connectivity index (χ0) is 18.2. The van der Waals surface area contributed by atoms with Crippen LogP contribution in [0.5, 0.6) is 0 Å². The fourth-order valence-electron chi connectivity index (χ4n) is 3.46. The van der Waals surface area contributed by atoms with Crippen LogP contribution in [-0.4, -0.2) is 34.7 Å². The van der Waals surface area contributed by atoms with E-state index in [2.05, 4.69) is 30.7 Å². The Morgan fingerprint density at radius 2 is 2.08 bits per heavy atom. The molecule has 1 aromatic carbocycles. The van der Waals surface area contributed by atoms with Gasteiger partial charge in [0.1, 0.15) is 0 Å². The van der Waals surface area contributed by atoms with Gasteiger partial charge in [-0.25, -0.2) is 13.6 Å². The van der Waals surface area contributed by atoms with E-state index in [0.717, 1.165) is 35.6 Å². The standard InChI is InChI=1S/C18H26N2O3SSi/c1-25(2,3)7-6-23-12-13-8-14-10-15-11-20-5-4-16(15)18(17(14)9-13)24(19,21)22/h4-5,10-11,13H,6-9,12H2,1-3H3,(H2,19,21,22). The summed E-state index contributed by atoms with van der Waals surface area (Å²) in [6.45, 7) is 8.45. The summed E-state index contributed by atoms with van der Waals surface area (Å²) >= 11 is 0. The van der Waals surface area contributed by atoms with Crippen molar-refractivity contribution >= 4 is 28.9 Å². The van der Waals surface area contributed by atoms with E-state index in [1.165, 1.54) is 0 Å². The highest BCUT2D eigenvalue weighted by atomic mass is 32.2. The normalized spacial score (nSPS) is 17.8. The lowest BCUT2D eigenvalue weighted by molar-refractivity contribution is 0.113. The molecule has 136 valence electrons. The molecule has 7 heteroatoms. The van der Waals surface area contributed by atoms with Crippen LogP contribution in [-0.2, 0) is 27.6 Å². The number of primary sulfonamides is 1. The second-order valence-corrected chi connectivity index (χ2v) is 15.3. The van der Waals surface area contributed by atoms with Crippen LogP contribution in [0.2, 0.25) is 25.7 Å². The van der Waals surface area contributed by atoms with Gasteiger partial charge < -0.3 is 4.74 Å². The molecule has 3 rings (SSSR count). The van der Waals surface area contributed by atoms with Gasteiger partial charge in [0.2, 0.25) is 10.0 Å². The number of pyridine rings is 1. The molecule has 25 heavy (non-hydrogen) atoms. The van der Waals surface area contributed by atoms with Crippen molar-refractivity contribution < 1.29 is 13.2 Å². The first-order valence-corrected chi connectivity index (χ1v) is 13.9. The predicted molar refractivity (Wildman–Crippen MR) is 103 cm³/mol. The largest absolute Gasteiger partial charge is 0.381 e. The maximum absolute atomic E-state index is 12.2. The van der Waals surface area contributed by atoms with Gasteiger partial charge in [-0.1, -0.05) is 19.6 Å². The third-order valence-corrected chi connectivity index (χ3v) is 7.46. The molecule has 1 heterocycles. The molecule has 0 saturated heterocycles. The number of ether oxygens (including phenoxy) is 1. The van der Waals surface area contributed by atoms with E-state index in [1.54, 1.807) is 18.5 Å². The molecule has 2 N–H and O–H groups in total. The molecule has 1 aliphatic rings. The smallest absolute Gasteiger partial charge is 0.238 e. The van der Waals surface area contributed by atoms with Gasteiger partial charge in [0.05, 0.1) is 4.90 Å². The number of sulfonamides is 1. The quantitative estimate of drug-likeness (QED) is 0.619. The summed E-state index contributed by atoms with van der Waals surface area (Å²) < 4.78 is 30.3. The van der Waals surface area contributed by atoms with E-state index in [9.17, 15) is 8.42 Å². The molecular formula is C18H26N2O3SSi. The summed E-state index contributed by atoms with van der Waals surface area (Å²) in [7, 11) is -4.88. The fraction of sp³-hybridized carbons (Fsp3) is 0.500.